The second kappa shape index (κ2) is 5.82. The molecule has 0 spiro atoms. The zero-order valence-corrected chi connectivity index (χ0v) is 12.5. The second-order valence-corrected chi connectivity index (χ2v) is 6.67. The number of nitrogens with zero attached hydrogens (tertiary/aromatic N) is 2. The molecule has 0 atom stereocenters. The minimum Gasteiger partial charge on any atom is -0.364 e. The van der Waals surface area contributed by atoms with Gasteiger partial charge in [0.2, 0.25) is 0 Å². The van der Waals surface area contributed by atoms with Gasteiger partial charge in [0.05, 0.1) is 16.4 Å². The Morgan fingerprint density at radius 2 is 2.20 bits per heavy atom. The lowest BCUT2D eigenvalue weighted by molar-refractivity contribution is 0.668. The summed E-state index contributed by atoms with van der Waals surface area (Å²) in [6.45, 7) is 0.651. The normalized spacial score (nSPS) is 13.6. The Labute approximate surface area is 127 Å². The molecule has 1 N–H and O–H groups in total. The summed E-state index contributed by atoms with van der Waals surface area (Å²) in [6, 6.07) is 8.10. The number of rotatable bonds is 3. The highest BCUT2D eigenvalue weighted by molar-refractivity contribution is 7.16. The molecular formula is C15H14ClN3S. The van der Waals surface area contributed by atoms with E-state index >= 15 is 0 Å². The van der Waals surface area contributed by atoms with Gasteiger partial charge in [-0.1, -0.05) is 11.6 Å². The van der Waals surface area contributed by atoms with Crippen LogP contribution >= 0.6 is 22.9 Å². The molecular weight excluding hydrogens is 290 g/mol. The number of fused-ring (bicyclic) bond motifs is 1. The highest BCUT2D eigenvalue weighted by Crippen LogP contribution is 2.26. The minimum atomic E-state index is 0.633. The summed E-state index contributed by atoms with van der Waals surface area (Å²) in [6.07, 6.45) is 4.43. The van der Waals surface area contributed by atoms with E-state index in [-0.39, 0.29) is 0 Å². The quantitative estimate of drug-likeness (QED) is 0.926. The van der Waals surface area contributed by atoms with Gasteiger partial charge in [0.1, 0.15) is 11.9 Å². The van der Waals surface area contributed by atoms with E-state index in [9.17, 15) is 5.26 Å². The molecule has 0 bridgehead atoms. The van der Waals surface area contributed by atoms with Gasteiger partial charge in [-0.15, -0.1) is 11.3 Å². The van der Waals surface area contributed by atoms with Crippen LogP contribution in [0, 0.1) is 11.3 Å². The van der Waals surface area contributed by atoms with E-state index in [1.165, 1.54) is 18.4 Å². The van der Waals surface area contributed by atoms with Crippen molar-refractivity contribution in [3.05, 3.63) is 44.2 Å². The molecule has 2 aromatic heterocycles. The lowest BCUT2D eigenvalue weighted by Crippen LogP contribution is -2.10. The van der Waals surface area contributed by atoms with Gasteiger partial charge in [-0.05, 0) is 49.4 Å². The van der Waals surface area contributed by atoms with E-state index in [1.807, 2.05) is 18.2 Å². The summed E-state index contributed by atoms with van der Waals surface area (Å²) < 4.78 is 0.778. The fraction of sp³-hybridized carbons (Fsp3) is 0.333. The average molecular weight is 304 g/mol. The van der Waals surface area contributed by atoms with Crippen molar-refractivity contribution in [1.82, 2.24) is 4.98 Å². The number of halogens is 1. The van der Waals surface area contributed by atoms with Gasteiger partial charge in [-0.3, -0.25) is 0 Å². The molecule has 102 valence electrons. The predicted molar refractivity (Wildman–Crippen MR) is 82.2 cm³/mol. The van der Waals surface area contributed by atoms with E-state index in [0.717, 1.165) is 27.7 Å². The van der Waals surface area contributed by atoms with Crippen molar-refractivity contribution in [3.8, 4) is 6.07 Å². The van der Waals surface area contributed by atoms with Gasteiger partial charge in [-0.25, -0.2) is 4.98 Å². The van der Waals surface area contributed by atoms with Crippen LogP contribution in [-0.2, 0) is 19.4 Å². The highest BCUT2D eigenvalue weighted by atomic mass is 35.5. The minimum absolute atomic E-state index is 0.633. The number of anilines is 1. The van der Waals surface area contributed by atoms with Crippen molar-refractivity contribution >= 4 is 28.8 Å². The summed E-state index contributed by atoms with van der Waals surface area (Å²) in [5.41, 5.74) is 3.01. The molecule has 0 saturated carbocycles. The van der Waals surface area contributed by atoms with Crippen LogP contribution in [-0.4, -0.2) is 4.98 Å². The van der Waals surface area contributed by atoms with Crippen LogP contribution in [0.4, 0.5) is 5.82 Å². The molecule has 0 radical (unpaired) electrons. The van der Waals surface area contributed by atoms with Gasteiger partial charge in [0, 0.05) is 10.6 Å². The number of pyridine rings is 1. The Balaban J connectivity index is 1.83. The molecule has 2 aromatic rings. The Hall–Kier alpha value is -1.57. The molecule has 1 aliphatic carbocycles. The Morgan fingerprint density at radius 3 is 2.95 bits per heavy atom. The van der Waals surface area contributed by atoms with Gasteiger partial charge in [-0.2, -0.15) is 5.26 Å². The van der Waals surface area contributed by atoms with Crippen LogP contribution in [0.15, 0.2) is 18.2 Å². The fourth-order valence-electron chi connectivity index (χ4n) is 2.47. The van der Waals surface area contributed by atoms with Crippen LogP contribution in [0.5, 0.6) is 0 Å². The maximum absolute atomic E-state index is 9.27. The Kier molecular flexibility index (Phi) is 3.90. The first kappa shape index (κ1) is 13.4. The van der Waals surface area contributed by atoms with Crippen LogP contribution < -0.4 is 5.32 Å². The molecule has 0 unspecified atom stereocenters. The van der Waals surface area contributed by atoms with Gasteiger partial charge < -0.3 is 5.32 Å². The molecule has 3 nitrogen and oxygen atoms in total. The third kappa shape index (κ3) is 2.79. The number of aryl methyl sites for hydroxylation is 2. The number of hydrogen-bond acceptors (Lipinski definition) is 4. The van der Waals surface area contributed by atoms with Crippen molar-refractivity contribution in [2.45, 2.75) is 32.2 Å². The van der Waals surface area contributed by atoms with E-state index < -0.39 is 0 Å². The molecule has 1 aliphatic rings. The topological polar surface area (TPSA) is 48.7 Å². The first-order chi connectivity index (χ1) is 9.76. The second-order valence-electron chi connectivity index (χ2n) is 4.87. The molecule has 0 aromatic carbocycles. The zero-order chi connectivity index (χ0) is 13.9. The van der Waals surface area contributed by atoms with Crippen molar-refractivity contribution in [3.63, 3.8) is 0 Å². The highest BCUT2D eigenvalue weighted by Gasteiger charge is 2.15. The molecule has 0 amide bonds. The summed E-state index contributed by atoms with van der Waals surface area (Å²) in [4.78, 5) is 5.78. The molecule has 0 aliphatic heterocycles. The summed E-state index contributed by atoms with van der Waals surface area (Å²) in [7, 11) is 0. The van der Waals surface area contributed by atoms with Crippen LogP contribution in [0.25, 0.3) is 0 Å². The van der Waals surface area contributed by atoms with Crippen LogP contribution in [0.1, 0.15) is 34.5 Å². The lowest BCUT2D eigenvalue weighted by atomic mass is 9.95. The van der Waals surface area contributed by atoms with Gasteiger partial charge in [0.25, 0.3) is 0 Å². The van der Waals surface area contributed by atoms with Gasteiger partial charge >= 0.3 is 0 Å². The molecule has 0 fully saturated rings. The SMILES string of the molecule is N#Cc1cc2c(nc1NCc1ccc(Cl)s1)CCCC2. The van der Waals surface area contributed by atoms with E-state index in [4.69, 9.17) is 11.6 Å². The maximum atomic E-state index is 9.27. The Morgan fingerprint density at radius 1 is 1.35 bits per heavy atom. The average Bonchev–Trinajstić information content (AvgIpc) is 2.89. The van der Waals surface area contributed by atoms with Crippen LogP contribution in [0.3, 0.4) is 0 Å². The number of thiophene rings is 1. The summed E-state index contributed by atoms with van der Waals surface area (Å²) in [5, 5.41) is 12.5. The Bertz CT molecular complexity index is 672. The van der Waals surface area contributed by atoms with Crippen molar-refractivity contribution in [2.75, 3.05) is 5.32 Å². The summed E-state index contributed by atoms with van der Waals surface area (Å²) >= 11 is 7.46. The monoisotopic (exact) mass is 303 g/mol. The molecule has 5 heteroatoms. The first-order valence-corrected chi connectivity index (χ1v) is 7.86. The number of aromatic nitrogens is 1. The molecule has 20 heavy (non-hydrogen) atoms. The molecule has 2 heterocycles. The van der Waals surface area contributed by atoms with E-state index in [1.54, 1.807) is 11.3 Å². The molecule has 3 rings (SSSR count). The standard InChI is InChI=1S/C15H14ClN3S/c16-14-6-5-12(20-14)9-18-15-11(8-17)7-10-3-1-2-4-13(10)19-15/h5-7H,1-4,9H2,(H,18,19). The predicted octanol–water partition coefficient (Wildman–Crippen LogP) is 4.16. The maximum Gasteiger partial charge on any atom is 0.144 e. The van der Waals surface area contributed by atoms with Crippen molar-refractivity contribution in [2.24, 2.45) is 0 Å². The van der Waals surface area contributed by atoms with Gasteiger partial charge in [0.15, 0.2) is 0 Å². The number of nitrogens with one attached hydrogen (secondary N) is 1. The smallest absolute Gasteiger partial charge is 0.144 e. The third-order valence-electron chi connectivity index (χ3n) is 3.48. The number of hydrogen-bond donors (Lipinski definition) is 1. The fourth-order valence-corrected chi connectivity index (χ4v) is 3.50. The lowest BCUT2D eigenvalue weighted by Gasteiger charge is -2.17. The summed E-state index contributed by atoms with van der Waals surface area (Å²) in [5.74, 6) is 0.692. The van der Waals surface area contributed by atoms with Crippen molar-refractivity contribution < 1.29 is 0 Å². The largest absolute Gasteiger partial charge is 0.364 e. The van der Waals surface area contributed by atoms with E-state index in [0.29, 0.717) is 17.9 Å². The first-order valence-electron chi connectivity index (χ1n) is 6.67. The van der Waals surface area contributed by atoms with E-state index in [2.05, 4.69) is 16.4 Å². The zero-order valence-electron chi connectivity index (χ0n) is 10.9. The van der Waals surface area contributed by atoms with Crippen molar-refractivity contribution in [1.29, 1.82) is 5.26 Å². The third-order valence-corrected chi connectivity index (χ3v) is 4.71. The number of nitriles is 1. The van der Waals surface area contributed by atoms with Crippen LogP contribution in [0.2, 0.25) is 4.34 Å². The molecule has 0 saturated heterocycles.